The highest BCUT2D eigenvalue weighted by atomic mass is 32.1. The van der Waals surface area contributed by atoms with Crippen molar-refractivity contribution >= 4 is 17.2 Å². The Bertz CT molecular complexity index is 633. The third kappa shape index (κ3) is 5.36. The number of nitrogens with one attached hydrogen (secondary N) is 1. The van der Waals surface area contributed by atoms with Crippen molar-refractivity contribution in [3.63, 3.8) is 0 Å². The molecular weight excluding hydrogens is 308 g/mol. The molecule has 1 aromatic carbocycles. The number of carbonyl (C=O) groups is 1. The SMILES string of the molecule is CC(C)CNC(=O)c1csc(COc2ccc(C(C)C)cc2)n1. The van der Waals surface area contributed by atoms with E-state index in [2.05, 4.69) is 50.1 Å². The van der Waals surface area contributed by atoms with Crippen molar-refractivity contribution in [3.05, 3.63) is 45.9 Å². The van der Waals surface area contributed by atoms with Gasteiger partial charge < -0.3 is 10.1 Å². The predicted octanol–water partition coefficient (Wildman–Crippen LogP) is 4.23. The lowest BCUT2D eigenvalue weighted by atomic mass is 10.0. The van der Waals surface area contributed by atoms with Gasteiger partial charge in [0.25, 0.3) is 5.91 Å². The number of ether oxygens (including phenoxy) is 1. The van der Waals surface area contributed by atoms with Crippen LogP contribution in [0.4, 0.5) is 0 Å². The van der Waals surface area contributed by atoms with Crippen LogP contribution < -0.4 is 10.1 Å². The molecule has 2 rings (SSSR count). The molecule has 0 bridgehead atoms. The van der Waals surface area contributed by atoms with Crippen LogP contribution in [0.1, 0.15) is 54.7 Å². The van der Waals surface area contributed by atoms with Gasteiger partial charge in [0.05, 0.1) is 0 Å². The first-order valence-corrected chi connectivity index (χ1v) is 8.79. The van der Waals surface area contributed by atoms with E-state index < -0.39 is 0 Å². The summed E-state index contributed by atoms with van der Waals surface area (Å²) in [6.45, 7) is 9.48. The third-order valence-corrected chi connectivity index (χ3v) is 4.19. The maximum atomic E-state index is 11.9. The zero-order valence-electron chi connectivity index (χ0n) is 14.1. The molecule has 23 heavy (non-hydrogen) atoms. The van der Waals surface area contributed by atoms with Crippen LogP contribution in [0.3, 0.4) is 0 Å². The van der Waals surface area contributed by atoms with Crippen LogP contribution >= 0.6 is 11.3 Å². The number of thiazole rings is 1. The van der Waals surface area contributed by atoms with E-state index in [4.69, 9.17) is 4.74 Å². The summed E-state index contributed by atoms with van der Waals surface area (Å²) in [7, 11) is 0. The number of aromatic nitrogens is 1. The van der Waals surface area contributed by atoms with E-state index in [1.165, 1.54) is 16.9 Å². The molecule has 0 unspecified atom stereocenters. The molecule has 0 fully saturated rings. The molecule has 2 aromatic rings. The van der Waals surface area contributed by atoms with Gasteiger partial charge in [-0.1, -0.05) is 39.8 Å². The second-order valence-corrected chi connectivity index (χ2v) is 7.19. The molecule has 0 radical (unpaired) electrons. The predicted molar refractivity (Wildman–Crippen MR) is 94.1 cm³/mol. The fraction of sp³-hybridized carbons (Fsp3) is 0.444. The van der Waals surface area contributed by atoms with Crippen LogP contribution in [0, 0.1) is 5.92 Å². The van der Waals surface area contributed by atoms with Gasteiger partial charge in [-0.25, -0.2) is 4.98 Å². The molecule has 1 amide bonds. The summed E-state index contributed by atoms with van der Waals surface area (Å²) in [5.41, 5.74) is 1.75. The Labute approximate surface area is 141 Å². The number of rotatable bonds is 7. The van der Waals surface area contributed by atoms with Gasteiger partial charge in [-0.2, -0.15) is 0 Å². The van der Waals surface area contributed by atoms with Crippen LogP contribution in [0.2, 0.25) is 0 Å². The Kier molecular flexibility index (Phi) is 6.16. The fourth-order valence-electron chi connectivity index (χ4n) is 1.96. The maximum absolute atomic E-state index is 11.9. The molecule has 1 heterocycles. The van der Waals surface area contributed by atoms with Gasteiger partial charge in [0.1, 0.15) is 23.1 Å². The van der Waals surface area contributed by atoms with Gasteiger partial charge in [-0.05, 0) is 29.5 Å². The Morgan fingerprint density at radius 1 is 1.22 bits per heavy atom. The molecule has 0 saturated heterocycles. The molecule has 0 aliphatic carbocycles. The zero-order valence-corrected chi connectivity index (χ0v) is 14.9. The van der Waals surface area contributed by atoms with Gasteiger partial charge in [-0.3, -0.25) is 4.79 Å². The summed E-state index contributed by atoms with van der Waals surface area (Å²) in [6, 6.07) is 8.09. The van der Waals surface area contributed by atoms with E-state index in [1.807, 2.05) is 12.1 Å². The second kappa shape index (κ2) is 8.11. The van der Waals surface area contributed by atoms with Crippen LogP contribution in [0.25, 0.3) is 0 Å². The number of amides is 1. The first kappa shape index (κ1) is 17.5. The molecule has 0 spiro atoms. The Morgan fingerprint density at radius 3 is 2.52 bits per heavy atom. The van der Waals surface area contributed by atoms with Crippen LogP contribution in [-0.4, -0.2) is 17.4 Å². The summed E-state index contributed by atoms with van der Waals surface area (Å²) in [5.74, 6) is 1.63. The van der Waals surface area contributed by atoms with Gasteiger partial charge in [0.2, 0.25) is 0 Å². The second-order valence-electron chi connectivity index (χ2n) is 6.24. The first-order valence-electron chi connectivity index (χ1n) is 7.91. The first-order chi connectivity index (χ1) is 11.0. The van der Waals surface area contributed by atoms with Crippen LogP contribution in [0.5, 0.6) is 5.75 Å². The quantitative estimate of drug-likeness (QED) is 0.825. The summed E-state index contributed by atoms with van der Waals surface area (Å²) in [5, 5.41) is 5.44. The normalized spacial score (nSPS) is 11.0. The molecule has 1 N–H and O–H groups in total. The van der Waals surface area contributed by atoms with Crippen molar-refractivity contribution in [2.75, 3.05) is 6.54 Å². The van der Waals surface area contributed by atoms with Gasteiger partial charge in [0, 0.05) is 11.9 Å². The highest BCUT2D eigenvalue weighted by Gasteiger charge is 2.11. The molecule has 0 aliphatic rings. The minimum atomic E-state index is -0.123. The molecule has 0 atom stereocenters. The lowest BCUT2D eigenvalue weighted by molar-refractivity contribution is 0.0944. The van der Waals surface area contributed by atoms with E-state index in [0.29, 0.717) is 30.7 Å². The lowest BCUT2D eigenvalue weighted by Gasteiger charge is -2.08. The van der Waals surface area contributed by atoms with Gasteiger partial charge >= 0.3 is 0 Å². The van der Waals surface area contributed by atoms with E-state index in [0.717, 1.165) is 10.8 Å². The average molecular weight is 332 g/mol. The monoisotopic (exact) mass is 332 g/mol. The topological polar surface area (TPSA) is 51.2 Å². The van der Waals surface area contributed by atoms with Crippen molar-refractivity contribution in [2.45, 2.75) is 40.2 Å². The van der Waals surface area contributed by atoms with Crippen molar-refractivity contribution in [1.29, 1.82) is 0 Å². The molecule has 1 aromatic heterocycles. The average Bonchev–Trinajstić information content (AvgIpc) is 3.00. The summed E-state index contributed by atoms with van der Waals surface area (Å²) >= 11 is 1.44. The smallest absolute Gasteiger partial charge is 0.270 e. The van der Waals surface area contributed by atoms with E-state index in [1.54, 1.807) is 5.38 Å². The number of nitrogens with zero attached hydrogens (tertiary/aromatic N) is 1. The van der Waals surface area contributed by atoms with Crippen molar-refractivity contribution in [1.82, 2.24) is 10.3 Å². The molecule has 124 valence electrons. The van der Waals surface area contributed by atoms with Gasteiger partial charge in [0.15, 0.2) is 0 Å². The number of carbonyl (C=O) groups excluding carboxylic acids is 1. The third-order valence-electron chi connectivity index (χ3n) is 3.36. The highest BCUT2D eigenvalue weighted by Crippen LogP contribution is 2.20. The minimum absolute atomic E-state index is 0.123. The highest BCUT2D eigenvalue weighted by molar-refractivity contribution is 7.09. The largest absolute Gasteiger partial charge is 0.486 e. The number of hydrogen-bond donors (Lipinski definition) is 1. The minimum Gasteiger partial charge on any atom is -0.486 e. The molecule has 5 heteroatoms. The number of hydrogen-bond acceptors (Lipinski definition) is 4. The molecule has 4 nitrogen and oxygen atoms in total. The van der Waals surface area contributed by atoms with E-state index in [9.17, 15) is 4.79 Å². The van der Waals surface area contributed by atoms with Gasteiger partial charge in [-0.15, -0.1) is 11.3 Å². The standard InChI is InChI=1S/C18H24N2O2S/c1-12(2)9-19-18(21)16-11-23-17(20-16)10-22-15-7-5-14(6-8-15)13(3)4/h5-8,11-13H,9-10H2,1-4H3,(H,19,21). The van der Waals surface area contributed by atoms with Crippen molar-refractivity contribution < 1.29 is 9.53 Å². The fourth-order valence-corrected chi connectivity index (χ4v) is 2.65. The molecule has 0 saturated carbocycles. The summed E-state index contributed by atoms with van der Waals surface area (Å²) in [6.07, 6.45) is 0. The molecule has 0 aliphatic heterocycles. The maximum Gasteiger partial charge on any atom is 0.270 e. The summed E-state index contributed by atoms with van der Waals surface area (Å²) in [4.78, 5) is 16.3. The molecular formula is C18H24N2O2S. The van der Waals surface area contributed by atoms with E-state index in [-0.39, 0.29) is 5.91 Å². The Hall–Kier alpha value is -1.88. The lowest BCUT2D eigenvalue weighted by Crippen LogP contribution is -2.27. The Morgan fingerprint density at radius 2 is 1.91 bits per heavy atom. The van der Waals surface area contributed by atoms with Crippen molar-refractivity contribution in [2.24, 2.45) is 5.92 Å². The van der Waals surface area contributed by atoms with E-state index >= 15 is 0 Å². The van der Waals surface area contributed by atoms with Crippen LogP contribution in [-0.2, 0) is 6.61 Å². The summed E-state index contributed by atoms with van der Waals surface area (Å²) < 4.78 is 5.73. The number of benzene rings is 1. The zero-order chi connectivity index (χ0) is 16.8. The van der Waals surface area contributed by atoms with Crippen molar-refractivity contribution in [3.8, 4) is 5.75 Å². The Balaban J connectivity index is 1.88. The van der Waals surface area contributed by atoms with Crippen LogP contribution in [0.15, 0.2) is 29.6 Å².